The summed E-state index contributed by atoms with van der Waals surface area (Å²) in [4.78, 5) is 9.52. The number of aliphatic imine (C=N–C) groups is 2. The highest BCUT2D eigenvalue weighted by atomic mass is 15.1. The highest BCUT2D eigenvalue weighted by Gasteiger charge is 2.29. The molecule has 2 aliphatic heterocycles. The lowest BCUT2D eigenvalue weighted by molar-refractivity contribution is 0.753. The van der Waals surface area contributed by atoms with E-state index in [9.17, 15) is 0 Å². The van der Waals surface area contributed by atoms with Gasteiger partial charge in [0.1, 0.15) is 12.4 Å². The number of rotatable bonds is 0. The summed E-state index contributed by atoms with van der Waals surface area (Å²) in [6, 6.07) is 18.9. The lowest BCUT2D eigenvalue weighted by Crippen LogP contribution is -2.22. The molecule has 0 aliphatic carbocycles. The Morgan fingerprint density at radius 2 is 1.75 bits per heavy atom. The first kappa shape index (κ1) is 10.1. The number of benzene rings is 2. The van der Waals surface area contributed by atoms with Gasteiger partial charge in [-0.25, -0.2) is 4.99 Å². The lowest BCUT2D eigenvalue weighted by atomic mass is 10.0. The van der Waals surface area contributed by atoms with Crippen LogP contribution in [-0.4, -0.2) is 16.0 Å². The van der Waals surface area contributed by atoms with Crippen molar-refractivity contribution in [2.45, 2.75) is 6.67 Å². The summed E-state index contributed by atoms with van der Waals surface area (Å²) in [5.41, 5.74) is 6.62. The minimum absolute atomic E-state index is 0.672. The third-order valence-electron chi connectivity index (χ3n) is 4.04. The van der Waals surface area contributed by atoms with Gasteiger partial charge in [-0.3, -0.25) is 4.99 Å². The fourth-order valence-electron chi connectivity index (χ4n) is 3.11. The van der Waals surface area contributed by atoms with Crippen LogP contribution in [0.5, 0.6) is 0 Å². The lowest BCUT2D eigenvalue weighted by Gasteiger charge is -2.15. The Morgan fingerprint density at radius 1 is 0.900 bits per heavy atom. The number of fused-ring (bicyclic) bond motifs is 7. The zero-order chi connectivity index (χ0) is 13.1. The van der Waals surface area contributed by atoms with Gasteiger partial charge in [0, 0.05) is 10.9 Å². The summed E-state index contributed by atoms with van der Waals surface area (Å²) in [5, 5.41) is 1.25. The number of aromatic nitrogens is 1. The molecule has 3 heteroatoms. The van der Waals surface area contributed by atoms with E-state index in [4.69, 9.17) is 9.98 Å². The summed E-state index contributed by atoms with van der Waals surface area (Å²) in [6.45, 7) is 0.672. The smallest absolute Gasteiger partial charge is 0.115 e. The van der Waals surface area contributed by atoms with Gasteiger partial charge < -0.3 is 4.57 Å². The zero-order valence-corrected chi connectivity index (χ0v) is 10.7. The number of hydrogen-bond donors (Lipinski definition) is 0. The van der Waals surface area contributed by atoms with Crippen LogP contribution in [0, 0.1) is 0 Å². The van der Waals surface area contributed by atoms with Crippen LogP contribution in [0.25, 0.3) is 10.9 Å². The van der Waals surface area contributed by atoms with E-state index in [0.717, 1.165) is 22.7 Å². The molecule has 94 valence electrons. The van der Waals surface area contributed by atoms with Crippen LogP contribution in [0.1, 0.15) is 11.3 Å². The van der Waals surface area contributed by atoms with E-state index >= 15 is 0 Å². The first-order chi connectivity index (χ1) is 9.92. The average molecular weight is 257 g/mol. The Bertz CT molecular complexity index is 928. The maximum absolute atomic E-state index is 4.78. The topological polar surface area (TPSA) is 29.6 Å². The van der Waals surface area contributed by atoms with Gasteiger partial charge in [0.15, 0.2) is 0 Å². The Balaban J connectivity index is 1.82. The van der Waals surface area contributed by atoms with Crippen LogP contribution < -0.4 is 0 Å². The number of nitrogens with zero attached hydrogens (tertiary/aromatic N) is 3. The zero-order valence-electron chi connectivity index (χ0n) is 10.7. The predicted molar refractivity (Wildman–Crippen MR) is 81.1 cm³/mol. The molecule has 0 unspecified atom stereocenters. The van der Waals surface area contributed by atoms with Gasteiger partial charge in [0.2, 0.25) is 0 Å². The highest BCUT2D eigenvalue weighted by Crippen LogP contribution is 2.33. The second-order valence-corrected chi connectivity index (χ2v) is 5.14. The van der Waals surface area contributed by atoms with E-state index in [1.807, 2.05) is 12.1 Å². The van der Waals surface area contributed by atoms with Crippen molar-refractivity contribution in [3.8, 4) is 0 Å². The first-order valence-electron chi connectivity index (χ1n) is 6.73. The van der Waals surface area contributed by atoms with Gasteiger partial charge in [0.25, 0.3) is 0 Å². The van der Waals surface area contributed by atoms with Crippen molar-refractivity contribution in [3.05, 3.63) is 65.9 Å². The van der Waals surface area contributed by atoms with Crippen molar-refractivity contribution in [2.24, 2.45) is 9.98 Å². The van der Waals surface area contributed by atoms with E-state index < -0.39 is 0 Å². The van der Waals surface area contributed by atoms with E-state index in [0.29, 0.717) is 6.67 Å². The van der Waals surface area contributed by atoms with Crippen LogP contribution in [0.3, 0.4) is 0 Å². The Morgan fingerprint density at radius 3 is 2.75 bits per heavy atom. The third kappa shape index (κ3) is 1.15. The standard InChI is InChI=1S/C17H11N3/c1-4-8-14-11(5-1)9-15-17-16(18-10-20(14)15)12-6-2-3-7-13(12)19-17/h1-9H,10H2. The Hall–Kier alpha value is -2.68. The maximum atomic E-state index is 4.78. The molecule has 0 amide bonds. The van der Waals surface area contributed by atoms with E-state index in [1.165, 1.54) is 16.6 Å². The summed E-state index contributed by atoms with van der Waals surface area (Å²) in [7, 11) is 0. The predicted octanol–water partition coefficient (Wildman–Crippen LogP) is 3.54. The average Bonchev–Trinajstić information content (AvgIpc) is 3.05. The summed E-state index contributed by atoms with van der Waals surface area (Å²) >= 11 is 0. The Labute approximate surface area is 115 Å². The van der Waals surface area contributed by atoms with Crippen molar-refractivity contribution >= 4 is 28.0 Å². The minimum atomic E-state index is 0.672. The van der Waals surface area contributed by atoms with E-state index in [2.05, 4.69) is 47.0 Å². The monoisotopic (exact) mass is 257 g/mol. The van der Waals surface area contributed by atoms with Crippen LogP contribution in [0.4, 0.5) is 5.69 Å². The minimum Gasteiger partial charge on any atom is -0.319 e. The molecule has 0 saturated heterocycles. The van der Waals surface area contributed by atoms with Crippen LogP contribution in [0.2, 0.25) is 0 Å². The normalized spacial score (nSPS) is 15.4. The highest BCUT2D eigenvalue weighted by molar-refractivity contribution is 6.57. The molecule has 0 N–H and O–H groups in total. The SMILES string of the molecule is c1ccc2c(c1)N=C1C2=NCn2c1cc1ccccc12. The summed E-state index contributed by atoms with van der Waals surface area (Å²) in [5.74, 6) is 0. The van der Waals surface area contributed by atoms with Gasteiger partial charge in [-0.15, -0.1) is 0 Å². The molecule has 0 spiro atoms. The molecule has 1 aromatic heterocycles. The molecule has 0 bridgehead atoms. The fourth-order valence-corrected chi connectivity index (χ4v) is 3.11. The molecule has 0 radical (unpaired) electrons. The first-order valence-corrected chi connectivity index (χ1v) is 6.73. The van der Waals surface area contributed by atoms with E-state index in [1.54, 1.807) is 0 Å². The van der Waals surface area contributed by atoms with Crippen molar-refractivity contribution in [1.29, 1.82) is 0 Å². The molecule has 0 fully saturated rings. The number of hydrogen-bond acceptors (Lipinski definition) is 2. The molecule has 0 atom stereocenters. The molecule has 5 rings (SSSR count). The van der Waals surface area contributed by atoms with Gasteiger partial charge in [-0.1, -0.05) is 36.4 Å². The molecule has 0 saturated carbocycles. The molecule has 3 nitrogen and oxygen atoms in total. The Kier molecular flexibility index (Phi) is 1.75. The van der Waals surface area contributed by atoms with Gasteiger partial charge >= 0.3 is 0 Å². The maximum Gasteiger partial charge on any atom is 0.115 e. The molecule has 2 aliphatic rings. The summed E-state index contributed by atoms with van der Waals surface area (Å²) < 4.78 is 2.24. The molecule has 3 heterocycles. The summed E-state index contributed by atoms with van der Waals surface area (Å²) in [6.07, 6.45) is 0. The molecular weight excluding hydrogens is 246 g/mol. The van der Waals surface area contributed by atoms with Crippen LogP contribution in [-0.2, 0) is 6.67 Å². The molecule has 3 aromatic rings. The molecule has 2 aromatic carbocycles. The van der Waals surface area contributed by atoms with Gasteiger partial charge in [0.05, 0.1) is 22.6 Å². The van der Waals surface area contributed by atoms with Crippen molar-refractivity contribution in [1.82, 2.24) is 4.57 Å². The van der Waals surface area contributed by atoms with Crippen LogP contribution >= 0.6 is 0 Å². The third-order valence-corrected chi connectivity index (χ3v) is 4.04. The van der Waals surface area contributed by atoms with Crippen molar-refractivity contribution in [3.63, 3.8) is 0 Å². The van der Waals surface area contributed by atoms with Crippen LogP contribution in [0.15, 0.2) is 64.6 Å². The fraction of sp³-hybridized carbons (Fsp3) is 0.0588. The number of para-hydroxylation sites is 2. The van der Waals surface area contributed by atoms with Gasteiger partial charge in [-0.2, -0.15) is 0 Å². The van der Waals surface area contributed by atoms with E-state index in [-0.39, 0.29) is 0 Å². The quantitative estimate of drug-likeness (QED) is 0.589. The van der Waals surface area contributed by atoms with Gasteiger partial charge in [-0.05, 0) is 18.2 Å². The second-order valence-electron chi connectivity index (χ2n) is 5.14. The largest absolute Gasteiger partial charge is 0.319 e. The molecular formula is C17H11N3. The second kappa shape index (κ2) is 3.45. The van der Waals surface area contributed by atoms with Crippen molar-refractivity contribution < 1.29 is 0 Å². The molecule has 20 heavy (non-hydrogen) atoms. The van der Waals surface area contributed by atoms with Crippen molar-refractivity contribution in [2.75, 3.05) is 0 Å².